The number of nitrogens with one attached hydrogen (secondary N) is 1. The van der Waals surface area contributed by atoms with Crippen molar-refractivity contribution in [1.29, 1.82) is 0 Å². The molecule has 0 fully saturated rings. The van der Waals surface area contributed by atoms with E-state index in [2.05, 4.69) is 23.5 Å². The number of aliphatic imine (C=N–C) groups is 1. The first kappa shape index (κ1) is 14.8. The average molecular weight is 281 g/mol. The molecule has 0 saturated heterocycles. The van der Waals surface area contributed by atoms with E-state index in [0.29, 0.717) is 5.82 Å². The number of hydrogen-bond acceptors (Lipinski definition) is 3. The summed E-state index contributed by atoms with van der Waals surface area (Å²) < 4.78 is 0. The lowest BCUT2D eigenvalue weighted by atomic mass is 10.0. The largest absolute Gasteiger partial charge is 0.378 e. The highest BCUT2D eigenvalue weighted by Crippen LogP contribution is 2.20. The van der Waals surface area contributed by atoms with Gasteiger partial charge in [-0.25, -0.2) is 4.99 Å². The molecular formula is C17H19N3O. The van der Waals surface area contributed by atoms with Crippen molar-refractivity contribution in [2.24, 2.45) is 4.99 Å². The first-order valence-corrected chi connectivity index (χ1v) is 6.66. The molecule has 0 bridgehead atoms. The molecule has 1 aromatic rings. The fourth-order valence-corrected chi connectivity index (χ4v) is 2.01. The summed E-state index contributed by atoms with van der Waals surface area (Å²) in [5, 5.41) is 2.62. The van der Waals surface area contributed by atoms with E-state index in [-0.39, 0.29) is 12.3 Å². The van der Waals surface area contributed by atoms with Gasteiger partial charge in [-0.2, -0.15) is 0 Å². The third kappa shape index (κ3) is 3.92. The average Bonchev–Trinajstić information content (AvgIpc) is 2.48. The summed E-state index contributed by atoms with van der Waals surface area (Å²) in [6.07, 6.45) is 3.82. The van der Waals surface area contributed by atoms with E-state index in [0.717, 1.165) is 22.4 Å². The van der Waals surface area contributed by atoms with E-state index in [4.69, 9.17) is 0 Å². The highest BCUT2D eigenvalue weighted by atomic mass is 16.1. The maximum Gasteiger partial charge on any atom is 0.229 e. The SMILES string of the molecule is C=C1/C=C(c2ccc(N(C)C)cc2)\C=N/C(=C)NC(=O)C1. The Morgan fingerprint density at radius 2 is 1.86 bits per heavy atom. The van der Waals surface area contributed by atoms with Gasteiger partial charge in [0.15, 0.2) is 0 Å². The highest BCUT2D eigenvalue weighted by molar-refractivity contribution is 6.11. The van der Waals surface area contributed by atoms with E-state index in [1.165, 1.54) is 0 Å². The van der Waals surface area contributed by atoms with E-state index < -0.39 is 0 Å². The summed E-state index contributed by atoms with van der Waals surface area (Å²) in [6, 6.07) is 8.13. The van der Waals surface area contributed by atoms with Gasteiger partial charge in [-0.3, -0.25) is 4.79 Å². The van der Waals surface area contributed by atoms with Crippen LogP contribution in [-0.4, -0.2) is 26.2 Å². The van der Waals surface area contributed by atoms with Crippen LogP contribution in [0.3, 0.4) is 0 Å². The zero-order valence-electron chi connectivity index (χ0n) is 12.4. The zero-order valence-corrected chi connectivity index (χ0v) is 12.4. The van der Waals surface area contributed by atoms with Crippen LogP contribution in [-0.2, 0) is 4.79 Å². The fraction of sp³-hybridized carbons (Fsp3) is 0.176. The minimum absolute atomic E-state index is 0.150. The van der Waals surface area contributed by atoms with Crippen molar-refractivity contribution in [2.75, 3.05) is 19.0 Å². The number of allylic oxidation sites excluding steroid dienone is 2. The van der Waals surface area contributed by atoms with Crippen LogP contribution in [0.2, 0.25) is 0 Å². The van der Waals surface area contributed by atoms with Gasteiger partial charge in [-0.1, -0.05) is 25.3 Å². The molecular weight excluding hydrogens is 262 g/mol. The van der Waals surface area contributed by atoms with Gasteiger partial charge < -0.3 is 10.2 Å². The van der Waals surface area contributed by atoms with Crippen LogP contribution < -0.4 is 10.2 Å². The molecule has 4 nitrogen and oxygen atoms in total. The minimum atomic E-state index is -0.150. The summed E-state index contributed by atoms with van der Waals surface area (Å²) in [4.78, 5) is 17.8. The lowest BCUT2D eigenvalue weighted by molar-refractivity contribution is -0.119. The Morgan fingerprint density at radius 3 is 2.48 bits per heavy atom. The molecule has 0 radical (unpaired) electrons. The molecule has 1 amide bonds. The first-order valence-electron chi connectivity index (χ1n) is 6.66. The second-order valence-electron chi connectivity index (χ2n) is 5.13. The lowest BCUT2D eigenvalue weighted by Crippen LogP contribution is -2.20. The first-order chi connectivity index (χ1) is 9.95. The lowest BCUT2D eigenvalue weighted by Gasteiger charge is -2.13. The van der Waals surface area contributed by atoms with Crippen molar-refractivity contribution in [1.82, 2.24) is 5.32 Å². The predicted octanol–water partition coefficient (Wildman–Crippen LogP) is 2.75. The topological polar surface area (TPSA) is 44.7 Å². The van der Waals surface area contributed by atoms with E-state index in [1.54, 1.807) is 6.21 Å². The normalized spacial score (nSPS) is 19.7. The van der Waals surface area contributed by atoms with Crippen LogP contribution in [0.5, 0.6) is 0 Å². The fourth-order valence-electron chi connectivity index (χ4n) is 2.01. The molecule has 0 atom stereocenters. The maximum absolute atomic E-state index is 11.6. The van der Waals surface area contributed by atoms with Crippen molar-refractivity contribution in [3.8, 4) is 0 Å². The monoisotopic (exact) mass is 281 g/mol. The molecule has 0 unspecified atom stereocenters. The number of hydrogen-bond donors (Lipinski definition) is 1. The molecule has 108 valence electrons. The number of benzene rings is 1. The molecule has 0 saturated carbocycles. The number of carbonyl (C=O) groups excluding carboxylic acids is 1. The second kappa shape index (κ2) is 6.22. The van der Waals surface area contributed by atoms with Gasteiger partial charge in [0, 0.05) is 31.6 Å². The smallest absolute Gasteiger partial charge is 0.229 e. The molecule has 1 N–H and O–H groups in total. The third-order valence-electron chi connectivity index (χ3n) is 3.11. The van der Waals surface area contributed by atoms with Crippen molar-refractivity contribution in [3.05, 3.63) is 60.5 Å². The number of anilines is 1. The van der Waals surface area contributed by atoms with Gasteiger partial charge in [-0.15, -0.1) is 0 Å². The summed E-state index contributed by atoms with van der Waals surface area (Å²) >= 11 is 0. The molecule has 0 aromatic heterocycles. The standard InChI is InChI=1S/C17H19N3O/c1-12-9-15(11-18-13(2)19-17(21)10-12)14-5-7-16(8-6-14)20(3)4/h5-9,11H,1-2,10H2,3-4H3,(H,19,21)/b15-9+,18-11-. The molecule has 1 aromatic carbocycles. The Labute approximate surface area is 125 Å². The number of carbonyl (C=O) groups is 1. The van der Waals surface area contributed by atoms with Crippen molar-refractivity contribution >= 4 is 23.4 Å². The molecule has 2 rings (SSSR count). The summed E-state index contributed by atoms with van der Waals surface area (Å²) in [5.74, 6) is 0.188. The van der Waals surface area contributed by atoms with Gasteiger partial charge in [0.2, 0.25) is 5.91 Å². The summed E-state index contributed by atoms with van der Waals surface area (Å²) in [6.45, 7) is 7.62. The van der Waals surface area contributed by atoms with Crippen LogP contribution in [0, 0.1) is 0 Å². The van der Waals surface area contributed by atoms with Crippen LogP contribution in [0.25, 0.3) is 5.57 Å². The Morgan fingerprint density at radius 1 is 1.19 bits per heavy atom. The molecule has 1 heterocycles. The second-order valence-corrected chi connectivity index (χ2v) is 5.13. The molecule has 0 aliphatic carbocycles. The molecule has 4 heteroatoms. The Kier molecular flexibility index (Phi) is 4.38. The van der Waals surface area contributed by atoms with E-state index >= 15 is 0 Å². The molecule has 1 aliphatic rings. The number of rotatable bonds is 2. The Balaban J connectivity index is 2.36. The quantitative estimate of drug-likeness (QED) is 0.906. The Bertz CT molecular complexity index is 637. The van der Waals surface area contributed by atoms with E-state index in [9.17, 15) is 4.79 Å². The minimum Gasteiger partial charge on any atom is -0.378 e. The summed E-state index contributed by atoms with van der Waals surface area (Å²) in [7, 11) is 4.00. The van der Waals surface area contributed by atoms with Gasteiger partial charge >= 0.3 is 0 Å². The number of nitrogens with zero attached hydrogens (tertiary/aromatic N) is 2. The van der Waals surface area contributed by atoms with Gasteiger partial charge in [0.1, 0.15) is 5.82 Å². The van der Waals surface area contributed by atoms with Crippen molar-refractivity contribution < 1.29 is 4.79 Å². The Hall–Kier alpha value is -2.62. The van der Waals surface area contributed by atoms with Gasteiger partial charge in [-0.05, 0) is 29.3 Å². The van der Waals surface area contributed by atoms with Gasteiger partial charge in [0.25, 0.3) is 0 Å². The van der Waals surface area contributed by atoms with Gasteiger partial charge in [0.05, 0.1) is 6.42 Å². The van der Waals surface area contributed by atoms with E-state index in [1.807, 2.05) is 49.3 Å². The molecule has 1 aliphatic heterocycles. The maximum atomic E-state index is 11.6. The molecule has 0 spiro atoms. The predicted molar refractivity (Wildman–Crippen MR) is 88.3 cm³/mol. The third-order valence-corrected chi connectivity index (χ3v) is 3.11. The van der Waals surface area contributed by atoms with Crippen LogP contribution in [0.15, 0.2) is 59.9 Å². The summed E-state index contributed by atoms with van der Waals surface area (Å²) in [5.41, 5.74) is 3.79. The van der Waals surface area contributed by atoms with Crippen LogP contribution in [0.1, 0.15) is 12.0 Å². The van der Waals surface area contributed by atoms with Crippen LogP contribution in [0.4, 0.5) is 5.69 Å². The zero-order chi connectivity index (χ0) is 15.4. The number of amides is 1. The highest BCUT2D eigenvalue weighted by Gasteiger charge is 2.08. The van der Waals surface area contributed by atoms with Crippen molar-refractivity contribution in [2.45, 2.75) is 6.42 Å². The van der Waals surface area contributed by atoms with Crippen LogP contribution >= 0.6 is 0 Å². The van der Waals surface area contributed by atoms with Crippen molar-refractivity contribution in [3.63, 3.8) is 0 Å². The molecule has 21 heavy (non-hydrogen) atoms.